The van der Waals surface area contributed by atoms with Gasteiger partial charge < -0.3 is 9.84 Å². The molecule has 1 aliphatic heterocycles. The lowest BCUT2D eigenvalue weighted by Gasteiger charge is -2.54. The Balaban J connectivity index is 2.11. The lowest BCUT2D eigenvalue weighted by molar-refractivity contribution is -0.158. The molecule has 0 spiro atoms. The molecule has 0 amide bonds. The van der Waals surface area contributed by atoms with E-state index in [4.69, 9.17) is 4.74 Å². The van der Waals surface area contributed by atoms with Gasteiger partial charge in [0.1, 0.15) is 6.61 Å². The van der Waals surface area contributed by atoms with Crippen molar-refractivity contribution in [1.82, 2.24) is 0 Å². The minimum absolute atomic E-state index is 0.0437. The number of carboxylic acid groups (broad SMARTS) is 1. The molecule has 3 rings (SSSR count). The molecule has 0 unspecified atom stereocenters. The fourth-order valence-corrected chi connectivity index (χ4v) is 4.41. The van der Waals surface area contributed by atoms with E-state index in [1.54, 1.807) is 6.08 Å². The molecule has 1 N–H and O–H groups in total. The smallest absolute Gasteiger partial charge is 0.331 e. The van der Waals surface area contributed by atoms with Crippen molar-refractivity contribution in [3.63, 3.8) is 0 Å². The number of rotatable bonds is 1. The molecule has 108 valence electrons. The summed E-state index contributed by atoms with van der Waals surface area (Å²) in [5.74, 6) is -0.979. The van der Waals surface area contributed by atoms with Crippen LogP contribution in [0.15, 0.2) is 23.3 Å². The Kier molecular flexibility index (Phi) is 2.82. The Labute approximate surface area is 118 Å². The van der Waals surface area contributed by atoms with Crippen molar-refractivity contribution in [2.75, 3.05) is 6.61 Å². The third kappa shape index (κ3) is 1.67. The van der Waals surface area contributed by atoms with Gasteiger partial charge in [-0.3, -0.25) is 4.79 Å². The first-order valence-corrected chi connectivity index (χ1v) is 7.20. The first-order valence-electron chi connectivity index (χ1n) is 7.20. The van der Waals surface area contributed by atoms with Gasteiger partial charge >= 0.3 is 11.9 Å². The zero-order valence-electron chi connectivity index (χ0n) is 11.9. The highest BCUT2D eigenvalue weighted by atomic mass is 16.5. The molecule has 3 aliphatic rings. The number of fused-ring (bicyclic) bond motifs is 3. The van der Waals surface area contributed by atoms with Crippen molar-refractivity contribution in [3.05, 3.63) is 23.3 Å². The molecule has 4 heteroatoms. The summed E-state index contributed by atoms with van der Waals surface area (Å²) in [5, 5.41) is 9.67. The van der Waals surface area contributed by atoms with Crippen LogP contribution in [-0.2, 0) is 14.3 Å². The van der Waals surface area contributed by atoms with Crippen LogP contribution in [0.25, 0.3) is 0 Å². The van der Waals surface area contributed by atoms with E-state index in [1.165, 1.54) is 0 Å². The number of carbonyl (C=O) groups is 2. The fourth-order valence-electron chi connectivity index (χ4n) is 4.41. The van der Waals surface area contributed by atoms with Crippen molar-refractivity contribution in [2.45, 2.75) is 39.5 Å². The van der Waals surface area contributed by atoms with Gasteiger partial charge in [0.05, 0.1) is 5.41 Å². The van der Waals surface area contributed by atoms with Crippen LogP contribution in [0.2, 0.25) is 0 Å². The number of carboxylic acids is 1. The molecule has 1 fully saturated rings. The highest BCUT2D eigenvalue weighted by Gasteiger charge is 2.56. The fraction of sp³-hybridized carbons (Fsp3) is 0.625. The minimum Gasteiger partial charge on any atom is -0.481 e. The van der Waals surface area contributed by atoms with E-state index >= 15 is 0 Å². The van der Waals surface area contributed by atoms with Crippen molar-refractivity contribution < 1.29 is 19.4 Å². The zero-order valence-corrected chi connectivity index (χ0v) is 11.9. The van der Waals surface area contributed by atoms with E-state index in [9.17, 15) is 14.7 Å². The SMILES string of the molecule is C[C@]1(C(=O)O)CCC[C@]2(C)C3=CC(=O)OCC3=CC[C@@H]12. The molecular weight excluding hydrogens is 256 g/mol. The summed E-state index contributed by atoms with van der Waals surface area (Å²) in [6.45, 7) is 4.31. The molecule has 0 bridgehead atoms. The second-order valence-corrected chi connectivity index (χ2v) is 6.68. The van der Waals surface area contributed by atoms with Crippen LogP contribution in [0.5, 0.6) is 0 Å². The van der Waals surface area contributed by atoms with Gasteiger partial charge in [-0.05, 0) is 48.7 Å². The molecule has 0 radical (unpaired) electrons. The molecule has 2 aliphatic carbocycles. The van der Waals surface area contributed by atoms with Gasteiger partial charge in [-0.15, -0.1) is 0 Å². The van der Waals surface area contributed by atoms with Gasteiger partial charge in [0.25, 0.3) is 0 Å². The summed E-state index contributed by atoms with van der Waals surface area (Å²) in [6, 6.07) is 0. The maximum absolute atomic E-state index is 11.8. The number of allylic oxidation sites excluding steroid dienone is 1. The summed E-state index contributed by atoms with van der Waals surface area (Å²) in [5.41, 5.74) is 1.14. The molecular formula is C16H20O4. The van der Waals surface area contributed by atoms with E-state index in [1.807, 2.05) is 6.92 Å². The second kappa shape index (κ2) is 4.21. The Morgan fingerprint density at radius 2 is 2.15 bits per heavy atom. The van der Waals surface area contributed by atoms with Crippen LogP contribution in [0.3, 0.4) is 0 Å². The average Bonchev–Trinajstić information content (AvgIpc) is 2.39. The number of hydrogen-bond donors (Lipinski definition) is 1. The third-order valence-electron chi connectivity index (χ3n) is 5.61. The lowest BCUT2D eigenvalue weighted by Crippen LogP contribution is -2.50. The third-order valence-corrected chi connectivity index (χ3v) is 5.61. The van der Waals surface area contributed by atoms with Crippen molar-refractivity contribution in [2.24, 2.45) is 16.7 Å². The molecule has 0 aromatic rings. The van der Waals surface area contributed by atoms with Crippen molar-refractivity contribution in [1.29, 1.82) is 0 Å². The lowest BCUT2D eigenvalue weighted by atomic mass is 9.50. The second-order valence-electron chi connectivity index (χ2n) is 6.68. The van der Waals surface area contributed by atoms with E-state index in [0.717, 1.165) is 30.4 Å². The molecule has 1 heterocycles. The molecule has 0 aromatic heterocycles. The van der Waals surface area contributed by atoms with Crippen LogP contribution in [0.1, 0.15) is 39.5 Å². The summed E-state index contributed by atoms with van der Waals surface area (Å²) in [6.07, 6.45) is 6.94. The van der Waals surface area contributed by atoms with Gasteiger partial charge in [0, 0.05) is 6.08 Å². The maximum atomic E-state index is 11.8. The number of carbonyl (C=O) groups excluding carboxylic acids is 1. The quantitative estimate of drug-likeness (QED) is 0.748. The van der Waals surface area contributed by atoms with Gasteiger partial charge in [-0.25, -0.2) is 4.79 Å². The first-order chi connectivity index (χ1) is 9.38. The van der Waals surface area contributed by atoms with E-state index in [2.05, 4.69) is 13.0 Å². The molecule has 20 heavy (non-hydrogen) atoms. The zero-order chi connectivity index (χ0) is 14.5. The Bertz CT molecular complexity index is 545. The number of hydrogen-bond acceptors (Lipinski definition) is 3. The minimum atomic E-state index is -0.718. The van der Waals surface area contributed by atoms with Crippen LogP contribution in [0, 0.1) is 16.7 Å². The normalized spacial score (nSPS) is 39.9. The van der Waals surface area contributed by atoms with Gasteiger partial charge in [-0.2, -0.15) is 0 Å². The molecule has 0 saturated heterocycles. The monoisotopic (exact) mass is 276 g/mol. The van der Waals surface area contributed by atoms with Gasteiger partial charge in [-0.1, -0.05) is 19.4 Å². The Morgan fingerprint density at radius 3 is 2.85 bits per heavy atom. The van der Waals surface area contributed by atoms with Gasteiger partial charge in [0.15, 0.2) is 0 Å². The molecule has 1 saturated carbocycles. The van der Waals surface area contributed by atoms with Crippen LogP contribution < -0.4 is 0 Å². The largest absolute Gasteiger partial charge is 0.481 e. The predicted molar refractivity (Wildman–Crippen MR) is 72.9 cm³/mol. The molecule has 3 atom stereocenters. The number of ether oxygens (including phenoxy) is 1. The van der Waals surface area contributed by atoms with Gasteiger partial charge in [0.2, 0.25) is 0 Å². The van der Waals surface area contributed by atoms with Crippen molar-refractivity contribution in [3.8, 4) is 0 Å². The summed E-state index contributed by atoms with van der Waals surface area (Å²) in [7, 11) is 0. The number of aliphatic carboxylic acids is 1. The number of esters is 1. The first kappa shape index (κ1) is 13.4. The summed E-state index contributed by atoms with van der Waals surface area (Å²) >= 11 is 0. The molecule has 0 aromatic carbocycles. The van der Waals surface area contributed by atoms with E-state index < -0.39 is 11.4 Å². The molecule has 4 nitrogen and oxygen atoms in total. The highest BCUT2D eigenvalue weighted by Crippen LogP contribution is 2.60. The Hall–Kier alpha value is -1.58. The van der Waals surface area contributed by atoms with E-state index in [0.29, 0.717) is 13.0 Å². The highest BCUT2D eigenvalue weighted by molar-refractivity contribution is 5.86. The van der Waals surface area contributed by atoms with Crippen molar-refractivity contribution >= 4 is 11.9 Å². The summed E-state index contributed by atoms with van der Waals surface area (Å²) in [4.78, 5) is 23.4. The number of cyclic esters (lactones) is 1. The average molecular weight is 276 g/mol. The van der Waals surface area contributed by atoms with Crippen LogP contribution >= 0.6 is 0 Å². The topological polar surface area (TPSA) is 63.6 Å². The standard InChI is InChI=1S/C16H20O4/c1-15-6-3-7-16(2,14(18)19)12(15)5-4-10-9-20-13(17)8-11(10)15/h4,8,12H,3,5-7,9H2,1-2H3,(H,18,19)/t12-,15-,16+/m1/s1. The van der Waals surface area contributed by atoms with Crippen LogP contribution in [0.4, 0.5) is 0 Å². The van der Waals surface area contributed by atoms with Crippen LogP contribution in [-0.4, -0.2) is 23.7 Å². The maximum Gasteiger partial charge on any atom is 0.331 e. The summed E-state index contributed by atoms with van der Waals surface area (Å²) < 4.78 is 5.07. The Morgan fingerprint density at radius 1 is 1.40 bits per heavy atom. The van der Waals surface area contributed by atoms with E-state index in [-0.39, 0.29) is 17.3 Å². The predicted octanol–water partition coefficient (Wildman–Crippen LogP) is 2.70.